The average Bonchev–Trinajstić information content (AvgIpc) is 2.88. The molecule has 1 aliphatic rings. The molecule has 0 unspecified atom stereocenters. The minimum absolute atomic E-state index is 0.0872. The third-order valence-electron chi connectivity index (χ3n) is 4.14. The van der Waals surface area contributed by atoms with E-state index in [9.17, 15) is 9.90 Å². The lowest BCUT2D eigenvalue weighted by atomic mass is 9.81. The number of nitrogens with zero attached hydrogens (tertiary/aromatic N) is 1. The van der Waals surface area contributed by atoms with Gasteiger partial charge in [0, 0.05) is 0 Å². The molecule has 24 heavy (non-hydrogen) atoms. The maximum Gasteiger partial charge on any atom is 0.343 e. The van der Waals surface area contributed by atoms with E-state index >= 15 is 0 Å². The Morgan fingerprint density at radius 1 is 1.04 bits per heavy atom. The van der Waals surface area contributed by atoms with Crippen LogP contribution in [0.2, 0.25) is 0 Å². The molecule has 3 rings (SSSR count). The van der Waals surface area contributed by atoms with Crippen LogP contribution in [0.15, 0.2) is 77.0 Å². The molecule has 1 heterocycles. The summed E-state index contributed by atoms with van der Waals surface area (Å²) in [5.41, 5.74) is 1.09. The summed E-state index contributed by atoms with van der Waals surface area (Å²) in [6.07, 6.45) is 0. The second-order valence-corrected chi connectivity index (χ2v) is 5.58. The van der Waals surface area contributed by atoms with Gasteiger partial charge in [-0.3, -0.25) is 4.99 Å². The molecule has 2 aromatic rings. The molecule has 1 aliphatic heterocycles. The highest BCUT2D eigenvalue weighted by molar-refractivity contribution is 6.21. The Hall–Kier alpha value is -2.88. The van der Waals surface area contributed by atoms with Gasteiger partial charge in [0.2, 0.25) is 0 Å². The highest BCUT2D eigenvalue weighted by Crippen LogP contribution is 2.45. The van der Waals surface area contributed by atoms with Gasteiger partial charge in [0.05, 0.1) is 12.3 Å². The molecule has 0 saturated carbocycles. The van der Waals surface area contributed by atoms with Crippen molar-refractivity contribution in [2.45, 2.75) is 19.4 Å². The van der Waals surface area contributed by atoms with Gasteiger partial charge in [-0.1, -0.05) is 60.7 Å². The zero-order valence-corrected chi connectivity index (χ0v) is 13.7. The zero-order valence-electron chi connectivity index (χ0n) is 13.7. The summed E-state index contributed by atoms with van der Waals surface area (Å²) in [7, 11) is 0. The lowest BCUT2D eigenvalue weighted by molar-refractivity contribution is -0.138. The molecule has 0 aliphatic carbocycles. The summed E-state index contributed by atoms with van der Waals surface area (Å²) in [6, 6.07) is 19.0. The first-order chi connectivity index (χ1) is 11.6. The van der Waals surface area contributed by atoms with E-state index < -0.39 is 11.5 Å². The van der Waals surface area contributed by atoms with E-state index in [-0.39, 0.29) is 17.9 Å². The van der Waals surface area contributed by atoms with E-state index in [2.05, 4.69) is 0 Å². The summed E-state index contributed by atoms with van der Waals surface area (Å²) < 4.78 is 5.09. The Morgan fingerprint density at radius 2 is 1.54 bits per heavy atom. The number of aliphatic hydroxyl groups is 1. The van der Waals surface area contributed by atoms with Crippen molar-refractivity contribution < 1.29 is 14.6 Å². The lowest BCUT2D eigenvalue weighted by Gasteiger charge is -2.28. The van der Waals surface area contributed by atoms with Gasteiger partial charge in [-0.15, -0.1) is 0 Å². The third-order valence-corrected chi connectivity index (χ3v) is 4.14. The summed E-state index contributed by atoms with van der Waals surface area (Å²) in [5.74, 6) is -0.638. The van der Waals surface area contributed by atoms with Crippen molar-refractivity contribution in [3.63, 3.8) is 0 Å². The summed E-state index contributed by atoms with van der Waals surface area (Å²) >= 11 is 0. The molecule has 122 valence electrons. The monoisotopic (exact) mass is 321 g/mol. The van der Waals surface area contributed by atoms with Gasteiger partial charge in [0.25, 0.3) is 0 Å². The predicted molar refractivity (Wildman–Crippen MR) is 93.1 cm³/mol. The molecular weight excluding hydrogens is 302 g/mol. The third kappa shape index (κ3) is 2.40. The molecule has 0 saturated heterocycles. The van der Waals surface area contributed by atoms with Gasteiger partial charge in [-0.2, -0.15) is 0 Å². The molecule has 0 radical (unpaired) electrons. The van der Waals surface area contributed by atoms with E-state index in [4.69, 9.17) is 9.73 Å². The fourth-order valence-electron chi connectivity index (χ4n) is 3.09. The van der Waals surface area contributed by atoms with E-state index in [1.54, 1.807) is 13.8 Å². The number of aliphatic imine (C=N–C) groups is 1. The average molecular weight is 321 g/mol. The van der Waals surface area contributed by atoms with Crippen LogP contribution in [-0.4, -0.2) is 23.4 Å². The van der Waals surface area contributed by atoms with Crippen molar-refractivity contribution in [2.75, 3.05) is 6.61 Å². The molecule has 0 aromatic heterocycles. The number of rotatable bonds is 4. The van der Waals surface area contributed by atoms with Crippen LogP contribution < -0.4 is 0 Å². The van der Waals surface area contributed by atoms with Gasteiger partial charge in [0.1, 0.15) is 11.3 Å². The number of hydrogen-bond donors (Lipinski definition) is 1. The van der Waals surface area contributed by atoms with Crippen LogP contribution in [0.3, 0.4) is 0 Å². The molecule has 0 bridgehead atoms. The molecule has 1 N–H and O–H groups in total. The van der Waals surface area contributed by atoms with Crippen molar-refractivity contribution in [1.82, 2.24) is 0 Å². The van der Waals surface area contributed by atoms with Crippen LogP contribution >= 0.6 is 0 Å². The minimum Gasteiger partial charge on any atom is -0.508 e. The number of carbonyl (C=O) groups is 1. The van der Waals surface area contributed by atoms with Crippen molar-refractivity contribution >= 4 is 11.7 Å². The number of carbonyl (C=O) groups excluding carboxylic acids is 1. The standard InChI is InChI=1S/C20H19NO3/c1-3-24-19(23)17-14(2)21-20(18(17)22,15-10-6-4-7-11-15)16-12-8-5-9-13-16/h4-13,22H,3H2,1-2H3. The van der Waals surface area contributed by atoms with Crippen LogP contribution in [0.4, 0.5) is 0 Å². The number of ether oxygens (including phenoxy) is 1. The van der Waals surface area contributed by atoms with E-state index in [1.165, 1.54) is 0 Å². The first-order valence-corrected chi connectivity index (χ1v) is 7.90. The Morgan fingerprint density at radius 3 is 2.00 bits per heavy atom. The summed E-state index contributed by atoms with van der Waals surface area (Å²) in [4.78, 5) is 17.0. The first kappa shape index (κ1) is 16.0. The summed E-state index contributed by atoms with van der Waals surface area (Å²) in [5, 5.41) is 11.0. The molecule has 4 nitrogen and oxygen atoms in total. The van der Waals surface area contributed by atoms with E-state index in [1.807, 2.05) is 60.7 Å². The van der Waals surface area contributed by atoms with Gasteiger partial charge in [-0.05, 0) is 25.0 Å². The quantitative estimate of drug-likeness (QED) is 0.872. The van der Waals surface area contributed by atoms with Crippen LogP contribution in [0.5, 0.6) is 0 Å². The smallest absolute Gasteiger partial charge is 0.343 e. The Kier molecular flexibility index (Phi) is 4.21. The predicted octanol–water partition coefficient (Wildman–Crippen LogP) is 3.78. The van der Waals surface area contributed by atoms with Crippen molar-refractivity contribution in [2.24, 2.45) is 4.99 Å². The molecule has 0 fully saturated rings. The molecule has 2 aromatic carbocycles. The molecular formula is C20H19NO3. The van der Waals surface area contributed by atoms with Crippen molar-refractivity contribution in [1.29, 1.82) is 0 Å². The molecule has 4 heteroatoms. The van der Waals surface area contributed by atoms with Gasteiger partial charge in [-0.25, -0.2) is 4.79 Å². The van der Waals surface area contributed by atoms with Gasteiger partial charge >= 0.3 is 5.97 Å². The highest BCUT2D eigenvalue weighted by Gasteiger charge is 2.46. The van der Waals surface area contributed by atoms with Gasteiger partial charge in [0.15, 0.2) is 5.54 Å². The summed E-state index contributed by atoms with van der Waals surface area (Å²) in [6.45, 7) is 3.70. The Bertz CT molecular complexity index is 768. The zero-order chi connectivity index (χ0) is 17.2. The highest BCUT2D eigenvalue weighted by atomic mass is 16.5. The fraction of sp³-hybridized carbons (Fsp3) is 0.200. The molecule has 0 spiro atoms. The topological polar surface area (TPSA) is 58.9 Å². The maximum atomic E-state index is 12.3. The van der Waals surface area contributed by atoms with Crippen LogP contribution in [0.25, 0.3) is 0 Å². The lowest BCUT2D eigenvalue weighted by Crippen LogP contribution is -2.27. The van der Waals surface area contributed by atoms with Crippen LogP contribution in [0, 0.1) is 0 Å². The normalized spacial score (nSPS) is 16.0. The van der Waals surface area contributed by atoms with Crippen molar-refractivity contribution in [3.05, 3.63) is 83.1 Å². The number of benzene rings is 2. The fourth-order valence-corrected chi connectivity index (χ4v) is 3.09. The Balaban J connectivity index is 2.27. The Labute approximate surface area is 141 Å². The van der Waals surface area contributed by atoms with Crippen LogP contribution in [-0.2, 0) is 15.1 Å². The minimum atomic E-state index is -1.12. The van der Waals surface area contributed by atoms with E-state index in [0.29, 0.717) is 5.71 Å². The van der Waals surface area contributed by atoms with E-state index in [0.717, 1.165) is 11.1 Å². The molecule has 0 atom stereocenters. The largest absolute Gasteiger partial charge is 0.508 e. The number of aliphatic hydroxyl groups excluding tert-OH is 1. The maximum absolute atomic E-state index is 12.3. The number of hydrogen-bond acceptors (Lipinski definition) is 4. The van der Waals surface area contributed by atoms with Crippen molar-refractivity contribution in [3.8, 4) is 0 Å². The first-order valence-electron chi connectivity index (χ1n) is 7.90. The SMILES string of the molecule is CCOC(=O)C1=C(O)C(c2ccccc2)(c2ccccc2)N=C1C. The van der Waals surface area contributed by atoms with Gasteiger partial charge < -0.3 is 9.84 Å². The number of esters is 1. The van der Waals surface area contributed by atoms with Crippen LogP contribution in [0.1, 0.15) is 25.0 Å². The molecule has 0 amide bonds. The second-order valence-electron chi connectivity index (χ2n) is 5.58. The second kappa shape index (κ2) is 6.32.